The number of unbranched alkanes of at least 4 members (excludes halogenated alkanes) is 1. The maximum absolute atomic E-state index is 5.81. The summed E-state index contributed by atoms with van der Waals surface area (Å²) in [6.07, 6.45) is 14.8. The fourth-order valence-electron chi connectivity index (χ4n) is 5.00. The van der Waals surface area contributed by atoms with Crippen LogP contribution in [0.25, 0.3) is 17.0 Å². The summed E-state index contributed by atoms with van der Waals surface area (Å²) in [7, 11) is 0. The van der Waals surface area contributed by atoms with E-state index in [9.17, 15) is 0 Å². The minimum absolute atomic E-state index is 0.343. The van der Waals surface area contributed by atoms with Crippen LogP contribution in [-0.4, -0.2) is 32.9 Å². The van der Waals surface area contributed by atoms with Gasteiger partial charge in [0.05, 0.1) is 22.9 Å². The number of allylic oxidation sites excluding steroid dienone is 1. The molecule has 164 valence electrons. The first-order chi connectivity index (χ1) is 15.3. The van der Waals surface area contributed by atoms with E-state index in [4.69, 9.17) is 15.7 Å². The largest absolute Gasteiger partial charge is 0.353 e. The summed E-state index contributed by atoms with van der Waals surface area (Å²) in [5, 5.41) is 1.30. The standard InChI is InChI=1S/C26H35N5/c1-3-9-22-20(4-2)21-13-16-28-23(26(21)30-22)18-31(17-6-5-14-27)24-12-7-10-19-11-8-15-29-25(19)24/h3,8-9,11,13,15-16,24,30H,4-7,10,12,14,17-18,27H2,1-2H3/b9-3-. The molecule has 3 N–H and O–H groups in total. The molecule has 0 aromatic carbocycles. The molecule has 0 bridgehead atoms. The molecule has 0 amide bonds. The predicted molar refractivity (Wildman–Crippen MR) is 129 cm³/mol. The number of H-pyrrole nitrogens is 1. The molecular formula is C26H35N5. The lowest BCUT2D eigenvalue weighted by molar-refractivity contribution is 0.161. The van der Waals surface area contributed by atoms with Crippen molar-refractivity contribution in [2.75, 3.05) is 13.1 Å². The molecule has 0 radical (unpaired) electrons. The molecule has 0 saturated carbocycles. The number of nitrogens with two attached hydrogens (primary N) is 1. The van der Waals surface area contributed by atoms with E-state index in [-0.39, 0.29) is 0 Å². The van der Waals surface area contributed by atoms with Crippen molar-refractivity contribution in [2.24, 2.45) is 5.73 Å². The lowest BCUT2D eigenvalue weighted by Gasteiger charge is -2.35. The molecule has 1 aliphatic carbocycles. The maximum atomic E-state index is 5.81. The number of rotatable bonds is 9. The quantitative estimate of drug-likeness (QED) is 0.471. The monoisotopic (exact) mass is 417 g/mol. The second-order valence-electron chi connectivity index (χ2n) is 8.47. The smallest absolute Gasteiger partial charge is 0.0784 e. The van der Waals surface area contributed by atoms with Gasteiger partial charge in [-0.25, -0.2) is 0 Å². The third kappa shape index (κ3) is 4.58. The van der Waals surface area contributed by atoms with Crippen LogP contribution in [0, 0.1) is 0 Å². The number of fused-ring (bicyclic) bond motifs is 2. The number of nitrogens with zero attached hydrogens (tertiary/aromatic N) is 3. The Bertz CT molecular complexity index is 1040. The number of pyridine rings is 2. The van der Waals surface area contributed by atoms with Crippen LogP contribution in [0.2, 0.25) is 0 Å². The average molecular weight is 418 g/mol. The van der Waals surface area contributed by atoms with E-state index < -0.39 is 0 Å². The van der Waals surface area contributed by atoms with Crippen molar-refractivity contribution in [2.45, 2.75) is 65.0 Å². The van der Waals surface area contributed by atoms with E-state index in [2.05, 4.69) is 54.1 Å². The molecule has 0 saturated heterocycles. The Kier molecular flexibility index (Phi) is 7.15. The van der Waals surface area contributed by atoms with E-state index in [0.29, 0.717) is 6.04 Å². The van der Waals surface area contributed by atoms with Gasteiger partial charge >= 0.3 is 0 Å². The zero-order valence-corrected chi connectivity index (χ0v) is 18.9. The summed E-state index contributed by atoms with van der Waals surface area (Å²) in [4.78, 5) is 15.9. The zero-order chi connectivity index (χ0) is 21.6. The Morgan fingerprint density at radius 2 is 2.13 bits per heavy atom. The van der Waals surface area contributed by atoms with Crippen LogP contribution >= 0.6 is 0 Å². The zero-order valence-electron chi connectivity index (χ0n) is 18.9. The highest BCUT2D eigenvalue weighted by molar-refractivity contribution is 5.88. The second kappa shape index (κ2) is 10.2. The fraction of sp³-hybridized carbons (Fsp3) is 0.462. The number of hydrogen-bond donors (Lipinski definition) is 2. The molecule has 3 aromatic rings. The number of nitrogens with one attached hydrogen (secondary N) is 1. The summed E-state index contributed by atoms with van der Waals surface area (Å²) in [5.74, 6) is 0. The van der Waals surface area contributed by atoms with Gasteiger partial charge in [0.25, 0.3) is 0 Å². The van der Waals surface area contributed by atoms with Gasteiger partial charge in [0.2, 0.25) is 0 Å². The molecule has 1 unspecified atom stereocenters. The number of aryl methyl sites for hydroxylation is 2. The number of aromatic nitrogens is 3. The van der Waals surface area contributed by atoms with Crippen molar-refractivity contribution in [1.29, 1.82) is 0 Å². The van der Waals surface area contributed by atoms with Gasteiger partial charge in [-0.3, -0.25) is 14.9 Å². The molecule has 1 aliphatic rings. The Morgan fingerprint density at radius 3 is 2.94 bits per heavy atom. The van der Waals surface area contributed by atoms with Gasteiger partial charge in [0.1, 0.15) is 0 Å². The van der Waals surface area contributed by atoms with Crippen LogP contribution in [0.5, 0.6) is 0 Å². The van der Waals surface area contributed by atoms with E-state index >= 15 is 0 Å². The molecule has 1 atom stereocenters. The van der Waals surface area contributed by atoms with Crippen LogP contribution in [0.15, 0.2) is 36.7 Å². The number of hydrogen-bond acceptors (Lipinski definition) is 4. The first kappa shape index (κ1) is 21.7. The average Bonchev–Trinajstić information content (AvgIpc) is 3.16. The minimum atomic E-state index is 0.343. The molecule has 3 heterocycles. The molecule has 3 aromatic heterocycles. The first-order valence-electron chi connectivity index (χ1n) is 11.8. The molecular weight excluding hydrogens is 382 g/mol. The summed E-state index contributed by atoms with van der Waals surface area (Å²) in [6.45, 7) is 6.86. The summed E-state index contributed by atoms with van der Waals surface area (Å²) in [6, 6.07) is 6.80. The molecule has 0 aliphatic heterocycles. The third-order valence-electron chi connectivity index (χ3n) is 6.48. The van der Waals surface area contributed by atoms with Crippen molar-refractivity contribution in [3.63, 3.8) is 0 Å². The van der Waals surface area contributed by atoms with Gasteiger partial charge < -0.3 is 10.7 Å². The van der Waals surface area contributed by atoms with Gasteiger partial charge in [0.15, 0.2) is 0 Å². The third-order valence-corrected chi connectivity index (χ3v) is 6.48. The van der Waals surface area contributed by atoms with Crippen LogP contribution in [-0.2, 0) is 19.4 Å². The van der Waals surface area contributed by atoms with E-state index in [1.807, 2.05) is 12.4 Å². The number of aromatic amines is 1. The molecule has 4 rings (SSSR count). The maximum Gasteiger partial charge on any atom is 0.0784 e. The van der Waals surface area contributed by atoms with Crippen LogP contribution < -0.4 is 5.73 Å². The first-order valence-corrected chi connectivity index (χ1v) is 11.8. The normalized spacial score (nSPS) is 16.5. The molecule has 31 heavy (non-hydrogen) atoms. The fourth-order valence-corrected chi connectivity index (χ4v) is 5.00. The van der Waals surface area contributed by atoms with Crippen LogP contribution in [0.3, 0.4) is 0 Å². The van der Waals surface area contributed by atoms with Gasteiger partial charge in [-0.1, -0.05) is 19.1 Å². The highest BCUT2D eigenvalue weighted by atomic mass is 15.2. The minimum Gasteiger partial charge on any atom is -0.353 e. The molecule has 5 heteroatoms. The highest BCUT2D eigenvalue weighted by Crippen LogP contribution is 2.35. The highest BCUT2D eigenvalue weighted by Gasteiger charge is 2.28. The molecule has 0 fully saturated rings. The van der Waals surface area contributed by atoms with Gasteiger partial charge in [0, 0.05) is 30.0 Å². The lowest BCUT2D eigenvalue weighted by atomic mass is 9.90. The van der Waals surface area contributed by atoms with Gasteiger partial charge in [-0.2, -0.15) is 0 Å². The van der Waals surface area contributed by atoms with Crippen LogP contribution in [0.4, 0.5) is 0 Å². The SMILES string of the molecule is C/C=C\c1[nH]c2c(CN(CCCCN)C3CCCc4cccnc43)nccc2c1CC. The topological polar surface area (TPSA) is 70.8 Å². The van der Waals surface area contributed by atoms with Crippen molar-refractivity contribution in [1.82, 2.24) is 19.9 Å². The van der Waals surface area contributed by atoms with Crippen molar-refractivity contribution in [3.8, 4) is 0 Å². The summed E-state index contributed by atoms with van der Waals surface area (Å²) < 4.78 is 0. The van der Waals surface area contributed by atoms with Crippen LogP contribution in [0.1, 0.15) is 73.8 Å². The Labute approximate surface area is 185 Å². The summed E-state index contributed by atoms with van der Waals surface area (Å²) in [5.41, 5.74) is 13.3. The molecule has 0 spiro atoms. The Hall–Kier alpha value is -2.50. The van der Waals surface area contributed by atoms with Gasteiger partial charge in [-0.05, 0) is 87.9 Å². The van der Waals surface area contributed by atoms with E-state index in [0.717, 1.165) is 57.4 Å². The molecule has 5 nitrogen and oxygen atoms in total. The Balaban J connectivity index is 1.70. The van der Waals surface area contributed by atoms with E-state index in [1.165, 1.54) is 39.8 Å². The predicted octanol–water partition coefficient (Wildman–Crippen LogP) is 5.17. The van der Waals surface area contributed by atoms with Gasteiger partial charge in [-0.15, -0.1) is 0 Å². The van der Waals surface area contributed by atoms with Crippen molar-refractivity contribution >= 4 is 17.0 Å². The summed E-state index contributed by atoms with van der Waals surface area (Å²) >= 11 is 0. The second-order valence-corrected chi connectivity index (χ2v) is 8.47. The van der Waals surface area contributed by atoms with Crippen molar-refractivity contribution in [3.05, 3.63) is 64.9 Å². The van der Waals surface area contributed by atoms with Crippen molar-refractivity contribution < 1.29 is 0 Å². The van der Waals surface area contributed by atoms with E-state index in [1.54, 1.807) is 0 Å². The lowest BCUT2D eigenvalue weighted by Crippen LogP contribution is -2.33. The Morgan fingerprint density at radius 1 is 1.23 bits per heavy atom.